The molecular weight excluding hydrogens is 394 g/mol. The molecule has 0 aliphatic carbocycles. The smallest absolute Gasteiger partial charge is 0.276 e. The molecule has 8 heteroatoms. The van der Waals surface area contributed by atoms with Crippen LogP contribution >= 0.6 is 0 Å². The molecule has 4 rings (SSSR count). The average Bonchev–Trinajstić information content (AvgIpc) is 3.24. The Kier molecular flexibility index (Phi) is 5.90. The van der Waals surface area contributed by atoms with Crippen molar-refractivity contribution in [1.82, 2.24) is 14.8 Å². The van der Waals surface area contributed by atoms with Gasteiger partial charge in [-0.3, -0.25) is 4.79 Å². The fraction of sp³-hybridized carbons (Fsp3) is 0.348. The Morgan fingerprint density at radius 2 is 1.94 bits per heavy atom. The highest BCUT2D eigenvalue weighted by atomic mass is 16.5. The summed E-state index contributed by atoms with van der Waals surface area (Å²) in [5, 5.41) is 7.27. The highest BCUT2D eigenvalue weighted by molar-refractivity contribution is 6.02. The van der Waals surface area contributed by atoms with Crippen molar-refractivity contribution in [2.24, 2.45) is 0 Å². The summed E-state index contributed by atoms with van der Waals surface area (Å²) < 4.78 is 12.8. The predicted octanol–water partition coefficient (Wildman–Crippen LogP) is 3.45. The number of nitrogens with one attached hydrogen (secondary N) is 1. The lowest BCUT2D eigenvalue weighted by Crippen LogP contribution is -2.45. The molecule has 0 bridgehead atoms. The minimum Gasteiger partial charge on any atom is -0.494 e. The molecule has 2 atom stereocenters. The van der Waals surface area contributed by atoms with Crippen molar-refractivity contribution in [3.63, 3.8) is 0 Å². The van der Waals surface area contributed by atoms with E-state index < -0.39 is 0 Å². The number of rotatable bonds is 5. The van der Waals surface area contributed by atoms with Crippen LogP contribution in [0.4, 0.5) is 11.5 Å². The van der Waals surface area contributed by atoms with Gasteiger partial charge in [-0.1, -0.05) is 6.07 Å². The number of ether oxygens (including phenoxy) is 2. The van der Waals surface area contributed by atoms with Gasteiger partial charge < -0.3 is 19.7 Å². The third-order valence-electron chi connectivity index (χ3n) is 5.15. The molecule has 3 heterocycles. The summed E-state index contributed by atoms with van der Waals surface area (Å²) in [6, 6.07) is 11.3. The first kappa shape index (κ1) is 20.9. The fourth-order valence-corrected chi connectivity index (χ4v) is 3.77. The van der Waals surface area contributed by atoms with E-state index in [1.165, 1.54) is 0 Å². The summed E-state index contributed by atoms with van der Waals surface area (Å²) in [5.41, 5.74) is 2.78. The molecule has 1 aliphatic heterocycles. The molecule has 1 amide bonds. The van der Waals surface area contributed by atoms with E-state index in [2.05, 4.69) is 34.1 Å². The van der Waals surface area contributed by atoms with E-state index in [0.717, 1.165) is 30.2 Å². The molecule has 1 aromatic carbocycles. The monoisotopic (exact) mass is 421 g/mol. The Hall–Kier alpha value is -3.39. The van der Waals surface area contributed by atoms with Gasteiger partial charge in [0, 0.05) is 19.3 Å². The van der Waals surface area contributed by atoms with Crippen molar-refractivity contribution in [3.05, 3.63) is 60.0 Å². The number of benzene rings is 1. The number of aryl methyl sites for hydroxylation is 1. The zero-order valence-corrected chi connectivity index (χ0v) is 18.2. The van der Waals surface area contributed by atoms with Crippen molar-refractivity contribution < 1.29 is 14.3 Å². The largest absolute Gasteiger partial charge is 0.494 e. The lowest BCUT2D eigenvalue weighted by atomic mass is 10.2. The van der Waals surface area contributed by atoms with Crippen LogP contribution in [0.15, 0.2) is 48.8 Å². The second-order valence-electron chi connectivity index (χ2n) is 7.84. The highest BCUT2D eigenvalue weighted by Crippen LogP contribution is 2.24. The van der Waals surface area contributed by atoms with Crippen molar-refractivity contribution in [2.75, 3.05) is 30.4 Å². The topological polar surface area (TPSA) is 81.5 Å². The summed E-state index contributed by atoms with van der Waals surface area (Å²) in [4.78, 5) is 19.4. The third kappa shape index (κ3) is 4.69. The Bertz CT molecular complexity index is 1050. The van der Waals surface area contributed by atoms with E-state index in [4.69, 9.17) is 9.47 Å². The second-order valence-corrected chi connectivity index (χ2v) is 7.84. The molecule has 0 spiro atoms. The third-order valence-corrected chi connectivity index (χ3v) is 5.15. The lowest BCUT2D eigenvalue weighted by molar-refractivity contribution is -0.00545. The van der Waals surface area contributed by atoms with Gasteiger partial charge in [0.1, 0.15) is 17.3 Å². The molecule has 2 aromatic heterocycles. The van der Waals surface area contributed by atoms with Crippen LogP contribution in [0.3, 0.4) is 0 Å². The van der Waals surface area contributed by atoms with Gasteiger partial charge in [0.05, 0.1) is 31.2 Å². The molecule has 1 saturated heterocycles. The Morgan fingerprint density at radius 1 is 1.16 bits per heavy atom. The molecule has 1 aliphatic rings. The Labute approximate surface area is 181 Å². The van der Waals surface area contributed by atoms with Gasteiger partial charge in [0.2, 0.25) is 0 Å². The van der Waals surface area contributed by atoms with Gasteiger partial charge >= 0.3 is 0 Å². The molecule has 31 heavy (non-hydrogen) atoms. The maximum absolute atomic E-state index is 12.7. The van der Waals surface area contributed by atoms with Crippen LogP contribution in [-0.2, 0) is 4.74 Å². The first-order chi connectivity index (χ1) is 14.9. The quantitative estimate of drug-likeness (QED) is 0.680. The first-order valence-corrected chi connectivity index (χ1v) is 10.3. The number of hydrogen-bond acceptors (Lipinski definition) is 6. The van der Waals surface area contributed by atoms with Gasteiger partial charge in [0.25, 0.3) is 5.91 Å². The van der Waals surface area contributed by atoms with Crippen LogP contribution in [0.5, 0.6) is 5.75 Å². The van der Waals surface area contributed by atoms with Crippen LogP contribution in [0.2, 0.25) is 0 Å². The minimum absolute atomic E-state index is 0.159. The van der Waals surface area contributed by atoms with Crippen LogP contribution in [0.1, 0.15) is 29.9 Å². The molecule has 1 N–H and O–H groups in total. The summed E-state index contributed by atoms with van der Waals surface area (Å²) in [7, 11) is 1.61. The predicted molar refractivity (Wildman–Crippen MR) is 119 cm³/mol. The second kappa shape index (κ2) is 8.77. The van der Waals surface area contributed by atoms with Crippen molar-refractivity contribution >= 4 is 17.4 Å². The van der Waals surface area contributed by atoms with Gasteiger partial charge in [-0.25, -0.2) is 9.67 Å². The summed E-state index contributed by atoms with van der Waals surface area (Å²) in [5.74, 6) is 1.26. The van der Waals surface area contributed by atoms with Crippen LogP contribution in [-0.4, -0.2) is 53.1 Å². The molecular formula is C23H27N5O3. The normalized spacial score (nSPS) is 18.6. The number of anilines is 2. The maximum atomic E-state index is 12.7. The van der Waals surface area contributed by atoms with E-state index in [0.29, 0.717) is 17.1 Å². The summed E-state index contributed by atoms with van der Waals surface area (Å²) in [6.45, 7) is 7.70. The lowest BCUT2D eigenvalue weighted by Gasteiger charge is -2.36. The first-order valence-electron chi connectivity index (χ1n) is 10.3. The number of amides is 1. The van der Waals surface area contributed by atoms with E-state index in [1.54, 1.807) is 30.3 Å². The molecule has 162 valence electrons. The number of hydrogen-bond donors (Lipinski definition) is 1. The van der Waals surface area contributed by atoms with Crippen LogP contribution < -0.4 is 15.0 Å². The Morgan fingerprint density at radius 3 is 2.61 bits per heavy atom. The fourth-order valence-electron chi connectivity index (χ4n) is 3.77. The number of aromatic nitrogens is 3. The zero-order valence-electron chi connectivity index (χ0n) is 18.2. The van der Waals surface area contributed by atoms with Crippen molar-refractivity contribution in [3.8, 4) is 11.4 Å². The van der Waals surface area contributed by atoms with Crippen molar-refractivity contribution in [2.45, 2.75) is 33.0 Å². The van der Waals surface area contributed by atoms with E-state index in [9.17, 15) is 4.79 Å². The molecule has 0 radical (unpaired) electrons. The molecule has 1 fully saturated rings. The van der Waals surface area contributed by atoms with Crippen LogP contribution in [0.25, 0.3) is 5.69 Å². The van der Waals surface area contributed by atoms with Gasteiger partial charge in [-0.05, 0) is 56.7 Å². The van der Waals surface area contributed by atoms with Gasteiger partial charge in [-0.2, -0.15) is 5.10 Å². The summed E-state index contributed by atoms with van der Waals surface area (Å²) >= 11 is 0. The minimum atomic E-state index is -0.298. The number of methoxy groups -OCH3 is 1. The standard InChI is InChI=1S/C23H27N5O3/c1-15-5-7-21(30-4)20(11-15)28-10-9-19(26-28)23(29)25-18-6-8-22(24-12-18)27-13-16(2)31-17(3)14-27/h5-12,16-17H,13-14H2,1-4H3,(H,25,29). The van der Waals surface area contributed by atoms with Crippen molar-refractivity contribution in [1.29, 1.82) is 0 Å². The SMILES string of the molecule is COc1ccc(C)cc1-n1ccc(C(=O)Nc2ccc(N3CC(C)OC(C)C3)nc2)n1. The van der Waals surface area contributed by atoms with Gasteiger partial charge in [0.15, 0.2) is 5.69 Å². The number of nitrogens with zero attached hydrogens (tertiary/aromatic N) is 4. The van der Waals surface area contributed by atoms with Crippen LogP contribution in [0, 0.1) is 6.92 Å². The average molecular weight is 422 g/mol. The van der Waals surface area contributed by atoms with Gasteiger partial charge in [-0.15, -0.1) is 0 Å². The Balaban J connectivity index is 1.45. The van der Waals surface area contributed by atoms with E-state index >= 15 is 0 Å². The molecule has 3 aromatic rings. The molecule has 8 nitrogen and oxygen atoms in total. The zero-order chi connectivity index (χ0) is 22.0. The highest BCUT2D eigenvalue weighted by Gasteiger charge is 2.23. The number of morpholine rings is 1. The number of carbonyl (C=O) groups excluding carboxylic acids is 1. The number of pyridine rings is 1. The molecule has 0 saturated carbocycles. The number of carbonyl (C=O) groups is 1. The van der Waals surface area contributed by atoms with E-state index in [1.807, 2.05) is 37.3 Å². The van der Waals surface area contributed by atoms with E-state index in [-0.39, 0.29) is 18.1 Å². The summed E-state index contributed by atoms with van der Waals surface area (Å²) in [6.07, 6.45) is 3.73. The molecule has 2 unspecified atom stereocenters. The maximum Gasteiger partial charge on any atom is 0.276 e.